The van der Waals surface area contributed by atoms with Crippen molar-refractivity contribution in [3.8, 4) is 17.2 Å². The number of phenols is 1. The summed E-state index contributed by atoms with van der Waals surface area (Å²) in [6, 6.07) is 10.6. The minimum Gasteiger partial charge on any atom is -0.507 e. The fourth-order valence-corrected chi connectivity index (χ4v) is 3.90. The van der Waals surface area contributed by atoms with E-state index in [0.717, 1.165) is 18.0 Å². The summed E-state index contributed by atoms with van der Waals surface area (Å²) in [5, 5.41) is 14.0. The van der Waals surface area contributed by atoms with Crippen LogP contribution in [0.4, 0.5) is 0 Å². The molecular weight excluding hydrogens is 318 g/mol. The standard InChI is InChI=1S/C20H21NO4/c1-11-17(20(23)25-13-6-4-3-5-7-13)16(22)9-15(19(11)24-2)18-14-8-12(14)10-21-18/h3-7,9,12,14,18,21-22H,8,10H2,1-2H3. The second-order valence-corrected chi connectivity index (χ2v) is 6.77. The van der Waals surface area contributed by atoms with Crippen LogP contribution >= 0.6 is 0 Å². The predicted molar refractivity (Wildman–Crippen MR) is 93.1 cm³/mol. The Balaban J connectivity index is 1.70. The van der Waals surface area contributed by atoms with Gasteiger partial charge in [-0.3, -0.25) is 0 Å². The molecule has 3 unspecified atom stereocenters. The van der Waals surface area contributed by atoms with Gasteiger partial charge < -0.3 is 19.9 Å². The largest absolute Gasteiger partial charge is 0.507 e. The van der Waals surface area contributed by atoms with E-state index in [0.29, 0.717) is 23.0 Å². The monoisotopic (exact) mass is 339 g/mol. The predicted octanol–water partition coefficient (Wildman–Crippen LogP) is 3.21. The Morgan fingerprint density at radius 1 is 1.28 bits per heavy atom. The van der Waals surface area contributed by atoms with Gasteiger partial charge in [-0.2, -0.15) is 0 Å². The first kappa shape index (κ1) is 16.0. The lowest BCUT2D eigenvalue weighted by Crippen LogP contribution is -2.20. The Morgan fingerprint density at radius 3 is 2.64 bits per heavy atom. The Hall–Kier alpha value is -2.53. The molecule has 4 rings (SSSR count). The van der Waals surface area contributed by atoms with Crippen molar-refractivity contribution in [2.45, 2.75) is 19.4 Å². The molecule has 2 aliphatic rings. The molecule has 5 nitrogen and oxygen atoms in total. The van der Waals surface area contributed by atoms with E-state index >= 15 is 0 Å². The molecule has 1 saturated heterocycles. The Labute approximate surface area is 146 Å². The van der Waals surface area contributed by atoms with Crippen molar-refractivity contribution in [2.75, 3.05) is 13.7 Å². The molecule has 0 spiro atoms. The lowest BCUT2D eigenvalue weighted by Gasteiger charge is -2.21. The number of aromatic hydroxyl groups is 1. The molecule has 1 aliphatic carbocycles. The fourth-order valence-electron chi connectivity index (χ4n) is 3.90. The average Bonchev–Trinajstić information content (AvgIpc) is 3.25. The van der Waals surface area contributed by atoms with Gasteiger partial charge in [-0.05, 0) is 49.9 Å². The molecule has 1 heterocycles. The van der Waals surface area contributed by atoms with E-state index in [9.17, 15) is 9.90 Å². The molecule has 3 atom stereocenters. The summed E-state index contributed by atoms with van der Waals surface area (Å²) in [6.07, 6.45) is 1.21. The molecule has 5 heteroatoms. The van der Waals surface area contributed by atoms with Gasteiger partial charge in [0.25, 0.3) is 0 Å². The van der Waals surface area contributed by atoms with Crippen molar-refractivity contribution in [3.63, 3.8) is 0 Å². The number of para-hydroxylation sites is 1. The first-order valence-electron chi connectivity index (χ1n) is 8.51. The summed E-state index contributed by atoms with van der Waals surface area (Å²) < 4.78 is 11.0. The number of phenolic OH excluding ortho intramolecular Hbond substituents is 1. The first-order valence-corrected chi connectivity index (χ1v) is 8.51. The molecule has 1 aliphatic heterocycles. The van der Waals surface area contributed by atoms with Crippen molar-refractivity contribution in [2.24, 2.45) is 11.8 Å². The summed E-state index contributed by atoms with van der Waals surface area (Å²) in [4.78, 5) is 12.6. The highest BCUT2D eigenvalue weighted by Gasteiger charge is 2.49. The number of methoxy groups -OCH3 is 1. The van der Waals surface area contributed by atoms with Crippen LogP contribution in [0.1, 0.15) is 33.9 Å². The van der Waals surface area contributed by atoms with Gasteiger partial charge in [0.15, 0.2) is 0 Å². The fraction of sp³-hybridized carbons (Fsp3) is 0.350. The molecule has 0 aromatic heterocycles. The van der Waals surface area contributed by atoms with Crippen molar-refractivity contribution < 1.29 is 19.4 Å². The van der Waals surface area contributed by atoms with Gasteiger partial charge in [-0.25, -0.2) is 4.79 Å². The zero-order chi connectivity index (χ0) is 17.6. The van der Waals surface area contributed by atoms with Crippen LogP contribution in [0.15, 0.2) is 36.4 Å². The molecule has 0 radical (unpaired) electrons. The molecular formula is C20H21NO4. The number of carbonyl (C=O) groups excluding carboxylic acids is 1. The number of fused-ring (bicyclic) bond motifs is 1. The number of hydrogen-bond donors (Lipinski definition) is 2. The van der Waals surface area contributed by atoms with Crippen molar-refractivity contribution in [3.05, 3.63) is 53.1 Å². The highest BCUT2D eigenvalue weighted by Crippen LogP contribution is 2.54. The van der Waals surface area contributed by atoms with Crippen LogP contribution in [0.5, 0.6) is 17.2 Å². The van der Waals surface area contributed by atoms with Crippen LogP contribution in [0.25, 0.3) is 0 Å². The molecule has 2 N–H and O–H groups in total. The normalized spacial score (nSPS) is 23.8. The van der Waals surface area contributed by atoms with Crippen LogP contribution in [0.2, 0.25) is 0 Å². The number of ether oxygens (including phenoxy) is 2. The lowest BCUT2D eigenvalue weighted by molar-refractivity contribution is 0.0730. The van der Waals surface area contributed by atoms with Crippen LogP contribution in [-0.4, -0.2) is 24.7 Å². The van der Waals surface area contributed by atoms with E-state index in [2.05, 4.69) is 5.32 Å². The van der Waals surface area contributed by atoms with Gasteiger partial charge in [0.1, 0.15) is 22.8 Å². The zero-order valence-electron chi connectivity index (χ0n) is 14.3. The number of hydrogen-bond acceptors (Lipinski definition) is 5. The van der Waals surface area contributed by atoms with Crippen LogP contribution in [-0.2, 0) is 0 Å². The number of nitrogens with one attached hydrogen (secondary N) is 1. The number of benzene rings is 2. The molecule has 2 aromatic carbocycles. The Kier molecular flexibility index (Phi) is 3.88. The third kappa shape index (κ3) is 2.74. The maximum Gasteiger partial charge on any atom is 0.347 e. The van der Waals surface area contributed by atoms with Gasteiger partial charge >= 0.3 is 5.97 Å². The van der Waals surface area contributed by atoms with Gasteiger partial charge in [0.05, 0.1) is 7.11 Å². The smallest absolute Gasteiger partial charge is 0.347 e. The minimum atomic E-state index is -0.588. The average molecular weight is 339 g/mol. The maximum absolute atomic E-state index is 12.6. The molecule has 0 bridgehead atoms. The molecule has 130 valence electrons. The Bertz CT molecular complexity index is 818. The molecule has 1 saturated carbocycles. The third-order valence-electron chi connectivity index (χ3n) is 5.23. The highest BCUT2D eigenvalue weighted by atomic mass is 16.5. The van der Waals surface area contributed by atoms with Crippen LogP contribution in [0.3, 0.4) is 0 Å². The topological polar surface area (TPSA) is 67.8 Å². The molecule has 2 aromatic rings. The zero-order valence-corrected chi connectivity index (χ0v) is 14.3. The number of carbonyl (C=O) groups is 1. The maximum atomic E-state index is 12.6. The van der Waals surface area contributed by atoms with Gasteiger partial charge in [0.2, 0.25) is 0 Å². The van der Waals surface area contributed by atoms with E-state index in [1.54, 1.807) is 44.4 Å². The molecule has 25 heavy (non-hydrogen) atoms. The van der Waals surface area contributed by atoms with Gasteiger partial charge in [-0.15, -0.1) is 0 Å². The SMILES string of the molecule is COc1c(C2NCC3CC32)cc(O)c(C(=O)Oc2ccccc2)c1C. The summed E-state index contributed by atoms with van der Waals surface area (Å²) in [5.41, 5.74) is 1.66. The number of piperidine rings is 1. The van der Waals surface area contributed by atoms with Crippen LogP contribution < -0.4 is 14.8 Å². The van der Waals surface area contributed by atoms with Gasteiger partial charge in [0, 0.05) is 17.2 Å². The lowest BCUT2D eigenvalue weighted by atomic mass is 9.95. The van der Waals surface area contributed by atoms with E-state index in [1.165, 1.54) is 6.42 Å². The van der Waals surface area contributed by atoms with Crippen LogP contribution in [0, 0.1) is 18.8 Å². The molecule has 2 fully saturated rings. The Morgan fingerprint density at radius 2 is 2.04 bits per heavy atom. The second kappa shape index (κ2) is 6.08. The first-order chi connectivity index (χ1) is 12.1. The summed E-state index contributed by atoms with van der Waals surface area (Å²) in [7, 11) is 1.59. The van der Waals surface area contributed by atoms with Crippen molar-refractivity contribution >= 4 is 5.97 Å². The van der Waals surface area contributed by atoms with E-state index in [-0.39, 0.29) is 17.4 Å². The minimum absolute atomic E-state index is 0.0693. The van der Waals surface area contributed by atoms with E-state index < -0.39 is 5.97 Å². The third-order valence-corrected chi connectivity index (χ3v) is 5.23. The molecule has 0 amide bonds. The second-order valence-electron chi connectivity index (χ2n) is 6.77. The number of rotatable bonds is 4. The highest BCUT2D eigenvalue weighted by molar-refractivity contribution is 5.96. The summed E-state index contributed by atoms with van der Waals surface area (Å²) in [5.74, 6) is 1.74. The summed E-state index contributed by atoms with van der Waals surface area (Å²) >= 11 is 0. The number of esters is 1. The van der Waals surface area contributed by atoms with Crippen molar-refractivity contribution in [1.82, 2.24) is 5.32 Å². The van der Waals surface area contributed by atoms with E-state index in [4.69, 9.17) is 9.47 Å². The van der Waals surface area contributed by atoms with E-state index in [1.807, 2.05) is 6.07 Å². The quantitative estimate of drug-likeness (QED) is 0.661. The summed E-state index contributed by atoms with van der Waals surface area (Å²) in [6.45, 7) is 2.78. The van der Waals surface area contributed by atoms with Crippen molar-refractivity contribution in [1.29, 1.82) is 0 Å². The van der Waals surface area contributed by atoms with Gasteiger partial charge in [-0.1, -0.05) is 18.2 Å².